The number of rotatable bonds is 6. The zero-order valence-electron chi connectivity index (χ0n) is 15.1. The predicted molar refractivity (Wildman–Crippen MR) is 104 cm³/mol. The molecule has 1 aromatic carbocycles. The van der Waals surface area contributed by atoms with E-state index in [1.165, 1.54) is 4.88 Å². The lowest BCUT2D eigenvalue weighted by molar-refractivity contribution is -0.126. The average molecular weight is 372 g/mol. The number of nitrogens with zero attached hydrogens (tertiary/aromatic N) is 2. The second kappa shape index (κ2) is 8.96. The number of hydrogen-bond donors (Lipinski definition) is 1. The zero-order valence-corrected chi connectivity index (χ0v) is 15.9. The summed E-state index contributed by atoms with van der Waals surface area (Å²) in [6.07, 6.45) is 0.871. The minimum Gasteiger partial charge on any atom is -0.354 e. The molecule has 0 saturated carbocycles. The monoisotopic (exact) mass is 371 g/mol. The van der Waals surface area contributed by atoms with Crippen LogP contribution in [0.3, 0.4) is 0 Å². The number of nitrogens with one attached hydrogen (secondary N) is 1. The quantitative estimate of drug-likeness (QED) is 0.847. The molecular formula is C20H25N3O2S. The van der Waals surface area contributed by atoms with E-state index in [4.69, 9.17) is 0 Å². The van der Waals surface area contributed by atoms with Gasteiger partial charge in [-0.15, -0.1) is 11.3 Å². The smallest absolute Gasteiger partial charge is 0.253 e. The van der Waals surface area contributed by atoms with Gasteiger partial charge in [0.25, 0.3) is 5.91 Å². The van der Waals surface area contributed by atoms with Gasteiger partial charge in [0.15, 0.2) is 0 Å². The molecule has 138 valence electrons. The fourth-order valence-electron chi connectivity index (χ4n) is 3.15. The summed E-state index contributed by atoms with van der Waals surface area (Å²) in [7, 11) is 0. The van der Waals surface area contributed by atoms with Crippen molar-refractivity contribution >= 4 is 23.2 Å². The van der Waals surface area contributed by atoms with Crippen LogP contribution in [0.1, 0.15) is 22.2 Å². The number of carbonyl (C=O) groups is 2. The molecule has 1 aromatic heterocycles. The van der Waals surface area contributed by atoms with Crippen LogP contribution in [0.15, 0.2) is 47.8 Å². The Bertz CT molecular complexity index is 710. The largest absolute Gasteiger partial charge is 0.354 e. The molecule has 2 amide bonds. The summed E-state index contributed by atoms with van der Waals surface area (Å²) in [6, 6.07) is 13.3. The van der Waals surface area contributed by atoms with Crippen LogP contribution in [0.25, 0.3) is 0 Å². The Kier molecular flexibility index (Phi) is 6.41. The van der Waals surface area contributed by atoms with Gasteiger partial charge in [-0.2, -0.15) is 0 Å². The van der Waals surface area contributed by atoms with Crippen LogP contribution in [0, 0.1) is 0 Å². The summed E-state index contributed by atoms with van der Waals surface area (Å²) >= 11 is 1.71. The molecule has 0 radical (unpaired) electrons. The lowest BCUT2D eigenvalue weighted by Crippen LogP contribution is -2.55. The zero-order chi connectivity index (χ0) is 18.4. The van der Waals surface area contributed by atoms with Crippen LogP contribution >= 0.6 is 11.3 Å². The molecule has 1 saturated heterocycles. The number of thiophene rings is 1. The van der Waals surface area contributed by atoms with Crippen molar-refractivity contribution in [2.45, 2.75) is 19.4 Å². The van der Waals surface area contributed by atoms with Gasteiger partial charge in [0.05, 0.1) is 6.04 Å². The van der Waals surface area contributed by atoms with E-state index in [0.29, 0.717) is 19.6 Å². The fourth-order valence-corrected chi connectivity index (χ4v) is 3.86. The summed E-state index contributed by atoms with van der Waals surface area (Å²) in [6.45, 7) is 5.35. The van der Waals surface area contributed by atoms with E-state index >= 15 is 0 Å². The van der Waals surface area contributed by atoms with Crippen LogP contribution < -0.4 is 5.32 Å². The van der Waals surface area contributed by atoms with Gasteiger partial charge >= 0.3 is 0 Å². The van der Waals surface area contributed by atoms with Crippen molar-refractivity contribution in [1.29, 1.82) is 0 Å². The Balaban J connectivity index is 1.43. The first kappa shape index (κ1) is 18.6. The van der Waals surface area contributed by atoms with E-state index in [1.807, 2.05) is 48.2 Å². The molecule has 1 aliphatic heterocycles. The maximum atomic E-state index is 12.5. The molecule has 1 atom stereocenters. The topological polar surface area (TPSA) is 52.7 Å². The van der Waals surface area contributed by atoms with Crippen molar-refractivity contribution in [3.05, 3.63) is 58.3 Å². The number of carbonyl (C=O) groups excluding carboxylic acids is 2. The lowest BCUT2D eigenvalue weighted by Gasteiger charge is -2.37. The summed E-state index contributed by atoms with van der Waals surface area (Å²) in [5.41, 5.74) is 0.723. The van der Waals surface area contributed by atoms with Gasteiger partial charge in [-0.25, -0.2) is 0 Å². The van der Waals surface area contributed by atoms with Crippen LogP contribution in [-0.2, 0) is 11.2 Å². The van der Waals surface area contributed by atoms with Crippen LogP contribution in [-0.4, -0.2) is 60.4 Å². The third-order valence-electron chi connectivity index (χ3n) is 4.80. The highest BCUT2D eigenvalue weighted by Gasteiger charge is 2.27. The average Bonchev–Trinajstić information content (AvgIpc) is 3.21. The summed E-state index contributed by atoms with van der Waals surface area (Å²) in [5, 5.41) is 5.07. The minimum atomic E-state index is -0.174. The SMILES string of the molecule is C[C@H](C(=O)NCCc1cccs1)N1CCN(C(=O)c2ccccc2)CC1. The number of hydrogen-bond acceptors (Lipinski definition) is 4. The van der Waals surface area contributed by atoms with E-state index in [0.717, 1.165) is 25.1 Å². The summed E-state index contributed by atoms with van der Waals surface area (Å²) < 4.78 is 0. The Morgan fingerprint density at radius 1 is 1.08 bits per heavy atom. The Morgan fingerprint density at radius 3 is 2.46 bits per heavy atom. The number of benzene rings is 1. The highest BCUT2D eigenvalue weighted by Crippen LogP contribution is 2.11. The van der Waals surface area contributed by atoms with Crippen molar-refractivity contribution in [3.63, 3.8) is 0 Å². The van der Waals surface area contributed by atoms with Gasteiger partial charge in [0.1, 0.15) is 0 Å². The Hall–Kier alpha value is -2.18. The third-order valence-corrected chi connectivity index (χ3v) is 5.74. The lowest BCUT2D eigenvalue weighted by atomic mass is 10.1. The van der Waals surface area contributed by atoms with Crippen molar-refractivity contribution in [3.8, 4) is 0 Å². The van der Waals surface area contributed by atoms with Crippen molar-refractivity contribution < 1.29 is 9.59 Å². The maximum absolute atomic E-state index is 12.5. The molecule has 2 aromatic rings. The predicted octanol–water partition coefficient (Wildman–Crippen LogP) is 2.25. The molecule has 1 fully saturated rings. The van der Waals surface area contributed by atoms with Gasteiger partial charge in [0.2, 0.25) is 5.91 Å². The van der Waals surface area contributed by atoms with Crippen LogP contribution in [0.2, 0.25) is 0 Å². The molecular weight excluding hydrogens is 346 g/mol. The number of amides is 2. The second-order valence-corrected chi connectivity index (χ2v) is 7.52. The highest BCUT2D eigenvalue weighted by molar-refractivity contribution is 7.09. The highest BCUT2D eigenvalue weighted by atomic mass is 32.1. The van der Waals surface area contributed by atoms with E-state index in [-0.39, 0.29) is 17.9 Å². The normalized spacial score (nSPS) is 16.3. The van der Waals surface area contributed by atoms with Gasteiger partial charge in [-0.05, 0) is 36.9 Å². The first-order valence-electron chi connectivity index (χ1n) is 9.03. The van der Waals surface area contributed by atoms with Gasteiger partial charge < -0.3 is 10.2 Å². The van der Waals surface area contributed by atoms with Crippen LogP contribution in [0.5, 0.6) is 0 Å². The Morgan fingerprint density at radius 2 is 1.81 bits per heavy atom. The van der Waals surface area contributed by atoms with E-state index < -0.39 is 0 Å². The molecule has 2 heterocycles. The van der Waals surface area contributed by atoms with Gasteiger partial charge in [-0.1, -0.05) is 24.3 Å². The van der Waals surface area contributed by atoms with E-state index in [2.05, 4.69) is 21.7 Å². The molecule has 5 nitrogen and oxygen atoms in total. The van der Waals surface area contributed by atoms with Gasteiger partial charge in [-0.3, -0.25) is 14.5 Å². The first-order chi connectivity index (χ1) is 12.6. The maximum Gasteiger partial charge on any atom is 0.253 e. The molecule has 3 rings (SSSR count). The summed E-state index contributed by atoms with van der Waals surface area (Å²) in [5.74, 6) is 0.127. The molecule has 1 aliphatic rings. The molecule has 26 heavy (non-hydrogen) atoms. The summed E-state index contributed by atoms with van der Waals surface area (Å²) in [4.78, 5) is 30.2. The Labute approximate surface area is 158 Å². The third kappa shape index (κ3) is 4.71. The molecule has 6 heteroatoms. The first-order valence-corrected chi connectivity index (χ1v) is 9.91. The molecule has 1 N–H and O–H groups in total. The molecule has 0 aliphatic carbocycles. The molecule has 0 spiro atoms. The van der Waals surface area contributed by atoms with Crippen molar-refractivity contribution in [2.24, 2.45) is 0 Å². The van der Waals surface area contributed by atoms with Gasteiger partial charge in [0, 0.05) is 43.2 Å². The van der Waals surface area contributed by atoms with Crippen molar-refractivity contribution in [1.82, 2.24) is 15.1 Å². The minimum absolute atomic E-state index is 0.0596. The standard InChI is InChI=1S/C20H25N3O2S/c1-16(19(24)21-10-9-18-8-5-15-26-18)22-11-13-23(14-12-22)20(25)17-6-3-2-4-7-17/h2-8,15-16H,9-14H2,1H3,(H,21,24)/t16-/m1/s1. The molecule has 0 bridgehead atoms. The molecule has 0 unspecified atom stereocenters. The fraction of sp³-hybridized carbons (Fsp3) is 0.400. The number of piperazine rings is 1. The second-order valence-electron chi connectivity index (χ2n) is 6.49. The van der Waals surface area contributed by atoms with E-state index in [1.54, 1.807) is 11.3 Å². The van der Waals surface area contributed by atoms with Crippen LogP contribution in [0.4, 0.5) is 0 Å². The van der Waals surface area contributed by atoms with Crippen molar-refractivity contribution in [2.75, 3.05) is 32.7 Å². The van der Waals surface area contributed by atoms with E-state index in [9.17, 15) is 9.59 Å².